The highest BCUT2D eigenvalue weighted by molar-refractivity contribution is 5.94. The monoisotopic (exact) mass is 391 g/mol. The zero-order valence-electron chi connectivity index (χ0n) is 16.8. The van der Waals surface area contributed by atoms with Gasteiger partial charge in [-0.2, -0.15) is 5.26 Å². The van der Waals surface area contributed by atoms with Crippen molar-refractivity contribution in [3.8, 4) is 11.8 Å². The van der Waals surface area contributed by atoms with Crippen molar-refractivity contribution in [1.29, 1.82) is 5.26 Å². The van der Waals surface area contributed by atoms with Gasteiger partial charge in [-0.3, -0.25) is 9.59 Å². The molecule has 0 radical (unpaired) electrons. The number of rotatable bonds is 5. The molecule has 2 aromatic carbocycles. The molecule has 1 unspecified atom stereocenters. The molecule has 3 rings (SSSR count). The van der Waals surface area contributed by atoms with Crippen molar-refractivity contribution in [1.82, 2.24) is 9.80 Å². The summed E-state index contributed by atoms with van der Waals surface area (Å²) in [6, 6.07) is 16.4. The molecule has 1 fully saturated rings. The van der Waals surface area contributed by atoms with Crippen molar-refractivity contribution in [3.63, 3.8) is 0 Å². The van der Waals surface area contributed by atoms with Crippen LogP contribution in [-0.2, 0) is 11.2 Å². The highest BCUT2D eigenvalue weighted by Crippen LogP contribution is 2.16. The van der Waals surface area contributed by atoms with Gasteiger partial charge in [0.1, 0.15) is 5.75 Å². The number of aryl methyl sites for hydroxylation is 1. The van der Waals surface area contributed by atoms with Crippen LogP contribution in [0.15, 0.2) is 48.5 Å². The number of carbonyl (C=O) groups excluding carboxylic acids is 2. The molecule has 1 aliphatic rings. The topological polar surface area (TPSA) is 73.6 Å². The summed E-state index contributed by atoms with van der Waals surface area (Å²) in [6.07, 6.45) is 0.310. The molecule has 150 valence electrons. The molecule has 0 N–H and O–H groups in total. The van der Waals surface area contributed by atoms with Gasteiger partial charge in [0.15, 0.2) is 6.10 Å². The van der Waals surface area contributed by atoms with Crippen molar-refractivity contribution >= 4 is 11.8 Å². The van der Waals surface area contributed by atoms with Crippen molar-refractivity contribution in [2.45, 2.75) is 26.4 Å². The predicted molar refractivity (Wildman–Crippen MR) is 110 cm³/mol. The lowest BCUT2D eigenvalue weighted by Gasteiger charge is -2.36. The van der Waals surface area contributed by atoms with Gasteiger partial charge < -0.3 is 14.5 Å². The highest BCUT2D eigenvalue weighted by atomic mass is 16.5. The maximum absolute atomic E-state index is 12.7. The highest BCUT2D eigenvalue weighted by Gasteiger charge is 2.28. The first-order chi connectivity index (χ1) is 14.0. The van der Waals surface area contributed by atoms with E-state index in [0.29, 0.717) is 43.1 Å². The summed E-state index contributed by atoms with van der Waals surface area (Å²) in [4.78, 5) is 28.9. The van der Waals surface area contributed by atoms with E-state index >= 15 is 0 Å². The van der Waals surface area contributed by atoms with Gasteiger partial charge in [-0.15, -0.1) is 0 Å². The van der Waals surface area contributed by atoms with Crippen LogP contribution in [0.25, 0.3) is 0 Å². The molecule has 0 saturated carbocycles. The molecule has 6 heteroatoms. The number of carbonyl (C=O) groups is 2. The van der Waals surface area contributed by atoms with Crippen molar-refractivity contribution < 1.29 is 14.3 Å². The summed E-state index contributed by atoms with van der Waals surface area (Å²) < 4.78 is 5.71. The molecule has 1 aliphatic heterocycles. The zero-order valence-corrected chi connectivity index (χ0v) is 16.8. The van der Waals surface area contributed by atoms with Crippen LogP contribution in [0, 0.1) is 11.3 Å². The van der Waals surface area contributed by atoms with E-state index in [2.05, 4.69) is 6.92 Å². The second kappa shape index (κ2) is 9.24. The van der Waals surface area contributed by atoms with Crippen LogP contribution in [0.5, 0.6) is 5.75 Å². The number of nitriles is 1. The van der Waals surface area contributed by atoms with Crippen LogP contribution in [0.2, 0.25) is 0 Å². The van der Waals surface area contributed by atoms with Crippen LogP contribution >= 0.6 is 0 Å². The minimum atomic E-state index is -0.633. The van der Waals surface area contributed by atoms with Crippen LogP contribution < -0.4 is 4.74 Å². The summed E-state index contributed by atoms with van der Waals surface area (Å²) in [5, 5.41) is 8.85. The Bertz CT molecular complexity index is 892. The van der Waals surface area contributed by atoms with Crippen molar-refractivity contribution in [3.05, 3.63) is 65.2 Å². The van der Waals surface area contributed by atoms with Gasteiger partial charge in [0, 0.05) is 31.7 Å². The summed E-state index contributed by atoms with van der Waals surface area (Å²) in [5.74, 6) is 0.449. The molecule has 0 aliphatic carbocycles. The van der Waals surface area contributed by atoms with Gasteiger partial charge in [-0.1, -0.05) is 19.1 Å². The van der Waals surface area contributed by atoms with Gasteiger partial charge in [-0.25, -0.2) is 0 Å². The zero-order chi connectivity index (χ0) is 20.8. The lowest BCUT2D eigenvalue weighted by atomic mass is 10.1. The normalized spacial score (nSPS) is 14.8. The van der Waals surface area contributed by atoms with Gasteiger partial charge in [0.2, 0.25) is 0 Å². The molecule has 0 bridgehead atoms. The molecule has 2 aromatic rings. The van der Waals surface area contributed by atoms with E-state index < -0.39 is 6.10 Å². The summed E-state index contributed by atoms with van der Waals surface area (Å²) in [6.45, 7) is 5.78. The largest absolute Gasteiger partial charge is 0.481 e. The molecule has 0 aromatic heterocycles. The van der Waals surface area contributed by atoms with Crippen molar-refractivity contribution in [2.24, 2.45) is 0 Å². The third-order valence-electron chi connectivity index (χ3n) is 5.13. The van der Waals surface area contributed by atoms with E-state index in [0.717, 1.165) is 6.42 Å². The first kappa shape index (κ1) is 20.4. The van der Waals surface area contributed by atoms with E-state index in [1.165, 1.54) is 5.56 Å². The average molecular weight is 391 g/mol. The van der Waals surface area contributed by atoms with E-state index in [1.54, 1.807) is 41.0 Å². The van der Waals surface area contributed by atoms with E-state index in [9.17, 15) is 9.59 Å². The SMILES string of the molecule is CCc1ccc(C(=O)N2CCN(C(=O)C(C)Oc3ccc(C#N)cc3)CC2)cc1. The van der Waals surface area contributed by atoms with E-state index in [1.807, 2.05) is 30.3 Å². The number of hydrogen-bond donors (Lipinski definition) is 0. The van der Waals surface area contributed by atoms with Gasteiger partial charge in [-0.05, 0) is 55.3 Å². The lowest BCUT2D eigenvalue weighted by molar-refractivity contribution is -0.139. The Labute approximate surface area is 171 Å². The Morgan fingerprint density at radius 1 is 1.00 bits per heavy atom. The third kappa shape index (κ3) is 4.94. The van der Waals surface area contributed by atoms with Crippen LogP contribution in [0.3, 0.4) is 0 Å². The fourth-order valence-corrected chi connectivity index (χ4v) is 3.32. The molecule has 0 spiro atoms. The maximum atomic E-state index is 12.7. The summed E-state index contributed by atoms with van der Waals surface area (Å²) in [5.41, 5.74) is 2.43. The average Bonchev–Trinajstić information content (AvgIpc) is 2.78. The van der Waals surface area contributed by atoms with E-state index in [4.69, 9.17) is 10.00 Å². The first-order valence-electron chi connectivity index (χ1n) is 9.85. The Morgan fingerprint density at radius 3 is 2.14 bits per heavy atom. The smallest absolute Gasteiger partial charge is 0.263 e. The molecule has 1 atom stereocenters. The molecular formula is C23H25N3O3. The van der Waals surface area contributed by atoms with Crippen LogP contribution in [-0.4, -0.2) is 53.9 Å². The van der Waals surface area contributed by atoms with E-state index in [-0.39, 0.29) is 11.8 Å². The quantitative estimate of drug-likeness (QED) is 0.786. The minimum absolute atomic E-state index is 0.00151. The molecule has 2 amide bonds. The van der Waals surface area contributed by atoms with Gasteiger partial charge in [0.05, 0.1) is 11.6 Å². The molecule has 1 saturated heterocycles. The number of nitrogens with zero attached hydrogens (tertiary/aromatic N) is 3. The molecule has 1 heterocycles. The number of benzene rings is 2. The molecule has 29 heavy (non-hydrogen) atoms. The Kier molecular flexibility index (Phi) is 6.50. The maximum Gasteiger partial charge on any atom is 0.263 e. The summed E-state index contributed by atoms with van der Waals surface area (Å²) in [7, 11) is 0. The Hall–Kier alpha value is -3.33. The number of ether oxygens (including phenoxy) is 1. The fourth-order valence-electron chi connectivity index (χ4n) is 3.32. The number of hydrogen-bond acceptors (Lipinski definition) is 4. The second-order valence-corrected chi connectivity index (χ2v) is 7.06. The standard InChI is InChI=1S/C23H25N3O3/c1-3-18-4-8-20(9-5-18)23(28)26-14-12-25(13-15-26)22(27)17(2)29-21-10-6-19(16-24)7-11-21/h4-11,17H,3,12-15H2,1-2H3. The lowest BCUT2D eigenvalue weighted by Crippen LogP contribution is -2.53. The molecular weight excluding hydrogens is 366 g/mol. The molecule has 6 nitrogen and oxygen atoms in total. The van der Waals surface area contributed by atoms with Gasteiger partial charge >= 0.3 is 0 Å². The summed E-state index contributed by atoms with van der Waals surface area (Å²) >= 11 is 0. The van der Waals surface area contributed by atoms with Crippen LogP contribution in [0.4, 0.5) is 0 Å². The number of amides is 2. The minimum Gasteiger partial charge on any atom is -0.481 e. The fraction of sp³-hybridized carbons (Fsp3) is 0.348. The second-order valence-electron chi connectivity index (χ2n) is 7.06. The Morgan fingerprint density at radius 2 is 1.59 bits per heavy atom. The first-order valence-corrected chi connectivity index (χ1v) is 9.85. The Balaban J connectivity index is 1.52. The number of piperazine rings is 1. The van der Waals surface area contributed by atoms with Crippen molar-refractivity contribution in [2.75, 3.05) is 26.2 Å². The predicted octanol–water partition coefficient (Wildman–Crippen LogP) is 2.87. The van der Waals surface area contributed by atoms with Crippen LogP contribution in [0.1, 0.15) is 35.3 Å². The van der Waals surface area contributed by atoms with Gasteiger partial charge in [0.25, 0.3) is 11.8 Å². The third-order valence-corrected chi connectivity index (χ3v) is 5.13.